The molecular weight excluding hydrogens is 447 g/mol. The quantitative estimate of drug-likeness (QED) is 0.697. The summed E-state index contributed by atoms with van der Waals surface area (Å²) >= 11 is 18.5. The average molecular weight is 468 g/mol. The first kappa shape index (κ1) is 21.4. The summed E-state index contributed by atoms with van der Waals surface area (Å²) in [5.74, 6) is -0.252. The number of carbonyl (C=O) groups is 1. The predicted octanol–water partition coefficient (Wildman–Crippen LogP) is 4.44. The van der Waals surface area contributed by atoms with E-state index in [0.29, 0.717) is 58.8 Å². The van der Waals surface area contributed by atoms with Gasteiger partial charge in [0.15, 0.2) is 0 Å². The van der Waals surface area contributed by atoms with Gasteiger partial charge >= 0.3 is 0 Å². The Labute approximate surface area is 190 Å². The molecule has 1 saturated heterocycles. The van der Waals surface area contributed by atoms with Crippen LogP contribution >= 0.6 is 34.8 Å². The molecular formula is C21H21Cl3N4O2. The van der Waals surface area contributed by atoms with Crippen molar-refractivity contribution in [3.63, 3.8) is 0 Å². The van der Waals surface area contributed by atoms with Crippen LogP contribution in [0, 0.1) is 0 Å². The maximum Gasteiger partial charge on any atom is 0.281 e. The van der Waals surface area contributed by atoms with E-state index in [2.05, 4.69) is 10.5 Å². The van der Waals surface area contributed by atoms with Crippen LogP contribution in [-0.2, 0) is 4.79 Å². The lowest BCUT2D eigenvalue weighted by Crippen LogP contribution is -2.49. The van der Waals surface area contributed by atoms with Crippen molar-refractivity contribution in [2.75, 3.05) is 18.1 Å². The third-order valence-corrected chi connectivity index (χ3v) is 6.10. The van der Waals surface area contributed by atoms with Crippen molar-refractivity contribution in [2.45, 2.75) is 31.4 Å². The lowest BCUT2D eigenvalue weighted by molar-refractivity contribution is -0.120. The zero-order valence-electron chi connectivity index (χ0n) is 16.1. The molecule has 2 aromatic rings. The Hall–Kier alpha value is -1.83. The molecule has 2 aliphatic heterocycles. The number of amides is 1. The van der Waals surface area contributed by atoms with Crippen molar-refractivity contribution < 1.29 is 9.90 Å². The van der Waals surface area contributed by atoms with Crippen LogP contribution in [0.15, 0.2) is 47.6 Å². The Kier molecular flexibility index (Phi) is 6.51. The number of nitrogens with one attached hydrogen (secondary N) is 1. The third kappa shape index (κ3) is 4.74. The number of aliphatic hydroxyl groups is 1. The number of carbonyl (C=O) groups excluding carboxylic acids is 1. The lowest BCUT2D eigenvalue weighted by atomic mass is 10.0. The average Bonchev–Trinajstić information content (AvgIpc) is 3.15. The van der Waals surface area contributed by atoms with Gasteiger partial charge in [-0.1, -0.05) is 46.9 Å². The summed E-state index contributed by atoms with van der Waals surface area (Å²) < 4.78 is 0. The van der Waals surface area contributed by atoms with Crippen molar-refractivity contribution >= 4 is 52.1 Å². The van der Waals surface area contributed by atoms with Gasteiger partial charge in [0.05, 0.1) is 22.9 Å². The van der Waals surface area contributed by atoms with Crippen LogP contribution in [0.3, 0.4) is 0 Å². The Balaban J connectivity index is 1.60. The van der Waals surface area contributed by atoms with Crippen LogP contribution in [0.4, 0.5) is 5.69 Å². The van der Waals surface area contributed by atoms with Gasteiger partial charge in [-0.3, -0.25) is 15.2 Å². The molecule has 2 aromatic carbocycles. The number of hydrogen-bond donors (Lipinski definition) is 2. The standard InChI is InChI=1S/C21H21Cl3N4O2/c22-14-3-1-13(2-4-14)20-12-18(21(30)26-27-9-7-16(29)8-10-27)25-28(20)19-6-5-15(23)11-17(19)24/h1-6,11,16,20,29H,7-10,12H2,(H,26,30). The largest absolute Gasteiger partial charge is 0.393 e. The van der Waals surface area contributed by atoms with Gasteiger partial charge in [-0.05, 0) is 48.7 Å². The second-order valence-corrected chi connectivity index (χ2v) is 8.70. The summed E-state index contributed by atoms with van der Waals surface area (Å²) in [5, 5.41) is 19.5. The summed E-state index contributed by atoms with van der Waals surface area (Å²) in [4.78, 5) is 12.9. The third-order valence-electron chi connectivity index (χ3n) is 5.31. The van der Waals surface area contributed by atoms with E-state index in [1.165, 1.54) is 0 Å². The summed E-state index contributed by atoms with van der Waals surface area (Å²) in [6, 6.07) is 12.5. The molecule has 1 fully saturated rings. The number of halogens is 3. The van der Waals surface area contributed by atoms with Crippen molar-refractivity contribution in [1.29, 1.82) is 0 Å². The van der Waals surface area contributed by atoms with E-state index in [9.17, 15) is 9.90 Å². The predicted molar refractivity (Wildman–Crippen MR) is 120 cm³/mol. The van der Waals surface area contributed by atoms with E-state index < -0.39 is 0 Å². The lowest BCUT2D eigenvalue weighted by Gasteiger charge is -2.29. The fourth-order valence-electron chi connectivity index (χ4n) is 3.67. The van der Waals surface area contributed by atoms with Gasteiger partial charge in [0.25, 0.3) is 5.91 Å². The maximum absolute atomic E-state index is 12.9. The number of benzene rings is 2. The molecule has 1 unspecified atom stereocenters. The van der Waals surface area contributed by atoms with Gasteiger partial charge in [0, 0.05) is 29.6 Å². The first-order valence-corrected chi connectivity index (χ1v) is 10.9. The molecule has 0 aliphatic carbocycles. The molecule has 158 valence electrons. The Morgan fingerprint density at radius 2 is 1.70 bits per heavy atom. The van der Waals surface area contributed by atoms with Gasteiger partial charge in [-0.15, -0.1) is 0 Å². The molecule has 0 saturated carbocycles. The summed E-state index contributed by atoms with van der Waals surface area (Å²) in [5.41, 5.74) is 4.96. The second kappa shape index (κ2) is 9.12. The number of piperidine rings is 1. The van der Waals surface area contributed by atoms with Gasteiger partial charge in [0.2, 0.25) is 0 Å². The zero-order valence-corrected chi connectivity index (χ0v) is 18.3. The van der Waals surface area contributed by atoms with Crippen molar-refractivity contribution in [1.82, 2.24) is 10.4 Å². The summed E-state index contributed by atoms with van der Waals surface area (Å²) in [6.45, 7) is 1.21. The van der Waals surface area contributed by atoms with Crippen LogP contribution in [0.1, 0.15) is 30.9 Å². The van der Waals surface area contributed by atoms with Gasteiger partial charge < -0.3 is 5.11 Å². The molecule has 9 heteroatoms. The molecule has 6 nitrogen and oxygen atoms in total. The zero-order chi connectivity index (χ0) is 21.3. The van der Waals surface area contributed by atoms with Crippen molar-refractivity contribution in [3.8, 4) is 0 Å². The van der Waals surface area contributed by atoms with Gasteiger partial charge in [-0.2, -0.15) is 5.10 Å². The maximum atomic E-state index is 12.9. The molecule has 30 heavy (non-hydrogen) atoms. The van der Waals surface area contributed by atoms with Crippen LogP contribution < -0.4 is 10.4 Å². The highest BCUT2D eigenvalue weighted by molar-refractivity contribution is 6.40. The molecule has 2 heterocycles. The summed E-state index contributed by atoms with van der Waals surface area (Å²) in [6.07, 6.45) is 1.38. The van der Waals surface area contributed by atoms with E-state index in [-0.39, 0.29) is 18.1 Å². The van der Waals surface area contributed by atoms with Crippen molar-refractivity contribution in [3.05, 3.63) is 63.1 Å². The van der Waals surface area contributed by atoms with E-state index in [1.807, 2.05) is 29.3 Å². The van der Waals surface area contributed by atoms with Gasteiger partial charge in [-0.25, -0.2) is 5.01 Å². The highest BCUT2D eigenvalue weighted by Gasteiger charge is 2.34. The number of hydrazine groups is 1. The number of rotatable bonds is 4. The topological polar surface area (TPSA) is 68.2 Å². The number of aliphatic hydroxyl groups excluding tert-OH is 1. The van der Waals surface area contributed by atoms with Crippen molar-refractivity contribution in [2.24, 2.45) is 5.10 Å². The molecule has 0 radical (unpaired) electrons. The monoisotopic (exact) mass is 466 g/mol. The molecule has 0 bridgehead atoms. The molecule has 0 spiro atoms. The first-order chi connectivity index (χ1) is 14.4. The number of nitrogens with zero attached hydrogens (tertiary/aromatic N) is 3. The number of hydrogen-bond acceptors (Lipinski definition) is 5. The molecule has 1 atom stereocenters. The van der Waals surface area contributed by atoms with E-state index in [1.54, 1.807) is 23.2 Å². The second-order valence-electron chi connectivity index (χ2n) is 7.42. The van der Waals surface area contributed by atoms with Gasteiger partial charge in [0.1, 0.15) is 5.71 Å². The van der Waals surface area contributed by atoms with Crippen LogP contribution in [0.2, 0.25) is 15.1 Å². The smallest absolute Gasteiger partial charge is 0.281 e. The fourth-order valence-corrected chi connectivity index (χ4v) is 4.29. The van der Waals surface area contributed by atoms with Crippen LogP contribution in [0.5, 0.6) is 0 Å². The minimum Gasteiger partial charge on any atom is -0.393 e. The normalized spacial score (nSPS) is 20.3. The van der Waals surface area contributed by atoms with E-state index in [0.717, 1.165) is 5.56 Å². The van der Waals surface area contributed by atoms with E-state index in [4.69, 9.17) is 34.8 Å². The van der Waals surface area contributed by atoms with Crippen LogP contribution in [-0.4, -0.2) is 40.9 Å². The molecule has 2 aliphatic rings. The Morgan fingerprint density at radius 3 is 2.37 bits per heavy atom. The molecule has 4 rings (SSSR count). The number of anilines is 1. The Bertz CT molecular complexity index is 959. The summed E-state index contributed by atoms with van der Waals surface area (Å²) in [7, 11) is 0. The minimum atomic E-state index is -0.307. The minimum absolute atomic E-state index is 0.204. The highest BCUT2D eigenvalue weighted by atomic mass is 35.5. The highest BCUT2D eigenvalue weighted by Crippen LogP contribution is 2.39. The SMILES string of the molecule is O=C(NN1CCC(O)CC1)C1=NN(c2ccc(Cl)cc2Cl)C(c2ccc(Cl)cc2)C1. The molecule has 0 aromatic heterocycles. The molecule has 2 N–H and O–H groups in total. The molecule has 1 amide bonds. The number of hydrazone groups is 1. The fraction of sp³-hybridized carbons (Fsp3) is 0.333. The first-order valence-electron chi connectivity index (χ1n) is 9.72. The Morgan fingerprint density at radius 1 is 1.03 bits per heavy atom. The van der Waals surface area contributed by atoms with Crippen LogP contribution in [0.25, 0.3) is 0 Å². The van der Waals surface area contributed by atoms with E-state index >= 15 is 0 Å².